The molecule has 0 aromatic heterocycles. The molecule has 0 atom stereocenters. The predicted octanol–water partition coefficient (Wildman–Crippen LogP) is 9.33. The molecule has 4 rings (SSSR count). The van der Waals surface area contributed by atoms with Crippen LogP contribution in [0.25, 0.3) is 10.8 Å². The molecule has 35 heavy (non-hydrogen) atoms. The van der Waals surface area contributed by atoms with E-state index in [9.17, 15) is 0 Å². The Labute approximate surface area is 214 Å². The van der Waals surface area contributed by atoms with E-state index in [0.717, 1.165) is 45.5 Å². The zero-order valence-electron chi connectivity index (χ0n) is 20.4. The minimum atomic E-state index is -0.138. The topological polar surface area (TPSA) is 0 Å². The van der Waals surface area contributed by atoms with E-state index < -0.39 is 0 Å². The van der Waals surface area contributed by atoms with Gasteiger partial charge in [0.25, 0.3) is 0 Å². The average Bonchev–Trinajstić information content (AvgIpc) is 2.88. The number of unbranched alkanes of at least 4 members (excludes halogenated alkanes) is 4. The lowest BCUT2D eigenvalue weighted by molar-refractivity contribution is 0.620. The Morgan fingerprint density at radius 1 is 0.657 bits per heavy atom. The molecule has 0 heterocycles. The lowest BCUT2D eigenvalue weighted by Crippen LogP contribution is -1.96. The number of halogens is 2. The minimum Gasteiger partial charge on any atom is -0.206 e. The largest absolute Gasteiger partial charge is 0.206 e. The Hall–Kier alpha value is -3.08. The SMILES string of the molecule is CCCCCCCc1ccc(C#Cc2ccc3c(F)c(CCc4ccc(Cl)cc4)ccc3c2)cc1. The van der Waals surface area contributed by atoms with Crippen LogP contribution in [0.15, 0.2) is 78.9 Å². The molecule has 0 saturated heterocycles. The van der Waals surface area contributed by atoms with E-state index in [0.29, 0.717) is 11.8 Å². The van der Waals surface area contributed by atoms with Gasteiger partial charge in [-0.2, -0.15) is 0 Å². The molecule has 178 valence electrons. The van der Waals surface area contributed by atoms with Crippen LogP contribution < -0.4 is 0 Å². The summed E-state index contributed by atoms with van der Waals surface area (Å²) in [6.45, 7) is 2.25. The maximum atomic E-state index is 15.1. The van der Waals surface area contributed by atoms with Gasteiger partial charge in [-0.25, -0.2) is 4.39 Å². The molecule has 0 N–H and O–H groups in total. The van der Waals surface area contributed by atoms with Crippen molar-refractivity contribution in [2.24, 2.45) is 0 Å². The van der Waals surface area contributed by atoms with Gasteiger partial charge in [0.1, 0.15) is 5.82 Å². The predicted molar refractivity (Wildman–Crippen MR) is 148 cm³/mol. The smallest absolute Gasteiger partial charge is 0.134 e. The monoisotopic (exact) mass is 482 g/mol. The molecule has 0 fully saturated rings. The van der Waals surface area contributed by atoms with E-state index in [1.165, 1.54) is 37.7 Å². The van der Waals surface area contributed by atoms with Gasteiger partial charge in [0.2, 0.25) is 0 Å². The molecule has 0 bridgehead atoms. The lowest BCUT2D eigenvalue weighted by Gasteiger charge is -2.08. The Balaban J connectivity index is 1.39. The van der Waals surface area contributed by atoms with E-state index in [-0.39, 0.29) is 5.82 Å². The van der Waals surface area contributed by atoms with Crippen molar-refractivity contribution in [3.8, 4) is 11.8 Å². The Morgan fingerprint density at radius 3 is 2.09 bits per heavy atom. The van der Waals surface area contributed by atoms with Gasteiger partial charge in [0.15, 0.2) is 0 Å². The number of hydrogen-bond acceptors (Lipinski definition) is 0. The summed E-state index contributed by atoms with van der Waals surface area (Å²) < 4.78 is 15.1. The van der Waals surface area contributed by atoms with Gasteiger partial charge in [-0.15, -0.1) is 0 Å². The van der Waals surface area contributed by atoms with Crippen LogP contribution in [0.1, 0.15) is 66.8 Å². The highest BCUT2D eigenvalue weighted by molar-refractivity contribution is 6.30. The second kappa shape index (κ2) is 12.6. The Morgan fingerprint density at radius 2 is 1.31 bits per heavy atom. The van der Waals surface area contributed by atoms with Crippen LogP contribution in [0, 0.1) is 17.7 Å². The Kier molecular flexibility index (Phi) is 8.99. The number of rotatable bonds is 9. The molecule has 0 saturated carbocycles. The van der Waals surface area contributed by atoms with Gasteiger partial charge in [0.05, 0.1) is 0 Å². The third-order valence-electron chi connectivity index (χ3n) is 6.50. The average molecular weight is 483 g/mol. The van der Waals surface area contributed by atoms with Crippen LogP contribution in [0.5, 0.6) is 0 Å². The highest BCUT2D eigenvalue weighted by Crippen LogP contribution is 2.24. The van der Waals surface area contributed by atoms with E-state index in [4.69, 9.17) is 11.6 Å². The summed E-state index contributed by atoms with van der Waals surface area (Å²) in [6.07, 6.45) is 9.08. The molecular weight excluding hydrogens is 451 g/mol. The molecule has 0 amide bonds. The molecule has 0 aliphatic rings. The second-order valence-corrected chi connectivity index (χ2v) is 9.65. The van der Waals surface area contributed by atoms with Crippen molar-refractivity contribution in [2.45, 2.75) is 58.3 Å². The van der Waals surface area contributed by atoms with Gasteiger partial charge in [-0.1, -0.05) is 98.5 Å². The van der Waals surface area contributed by atoms with Gasteiger partial charge in [-0.05, 0) is 84.2 Å². The van der Waals surface area contributed by atoms with Crippen molar-refractivity contribution in [3.05, 3.63) is 118 Å². The summed E-state index contributed by atoms with van der Waals surface area (Å²) >= 11 is 5.96. The van der Waals surface area contributed by atoms with Gasteiger partial charge >= 0.3 is 0 Å². The van der Waals surface area contributed by atoms with E-state index in [2.05, 4.69) is 43.0 Å². The van der Waals surface area contributed by atoms with Crippen LogP contribution in [-0.4, -0.2) is 0 Å². The fourth-order valence-corrected chi connectivity index (χ4v) is 4.50. The van der Waals surface area contributed by atoms with Crippen molar-refractivity contribution >= 4 is 22.4 Å². The zero-order chi connectivity index (χ0) is 24.5. The molecule has 0 aliphatic carbocycles. The molecule has 0 unspecified atom stereocenters. The number of benzene rings is 4. The second-order valence-electron chi connectivity index (χ2n) is 9.21. The number of fused-ring (bicyclic) bond motifs is 1. The van der Waals surface area contributed by atoms with Crippen molar-refractivity contribution in [1.82, 2.24) is 0 Å². The van der Waals surface area contributed by atoms with Crippen LogP contribution in [0.2, 0.25) is 5.02 Å². The zero-order valence-corrected chi connectivity index (χ0v) is 21.2. The third-order valence-corrected chi connectivity index (χ3v) is 6.76. The molecule has 0 aliphatic heterocycles. The van der Waals surface area contributed by atoms with Crippen LogP contribution in [0.4, 0.5) is 4.39 Å². The van der Waals surface area contributed by atoms with Crippen LogP contribution in [0.3, 0.4) is 0 Å². The summed E-state index contributed by atoms with van der Waals surface area (Å²) in [5.74, 6) is 6.36. The summed E-state index contributed by atoms with van der Waals surface area (Å²) in [7, 11) is 0. The maximum Gasteiger partial charge on any atom is 0.134 e. The third kappa shape index (κ3) is 7.20. The molecule has 4 aromatic carbocycles. The number of aryl methyl sites for hydroxylation is 3. The first-order valence-corrected chi connectivity index (χ1v) is 13.1. The molecule has 0 spiro atoms. The summed E-state index contributed by atoms with van der Waals surface area (Å²) in [5.41, 5.74) is 5.16. The summed E-state index contributed by atoms with van der Waals surface area (Å²) in [5, 5.41) is 2.24. The lowest BCUT2D eigenvalue weighted by atomic mass is 9.99. The van der Waals surface area contributed by atoms with Crippen molar-refractivity contribution in [3.63, 3.8) is 0 Å². The molecule has 0 radical (unpaired) electrons. The highest BCUT2D eigenvalue weighted by atomic mass is 35.5. The maximum absolute atomic E-state index is 15.1. The fraction of sp³-hybridized carbons (Fsp3) is 0.273. The Bertz CT molecular complexity index is 1310. The van der Waals surface area contributed by atoms with Gasteiger partial charge in [-0.3, -0.25) is 0 Å². The van der Waals surface area contributed by atoms with E-state index >= 15 is 4.39 Å². The normalized spacial score (nSPS) is 10.8. The van der Waals surface area contributed by atoms with Crippen LogP contribution in [-0.2, 0) is 19.3 Å². The standard InChI is InChI=1S/C33H32ClF/c1-2-3-4-5-6-7-25-8-10-26(11-9-25)12-13-28-17-23-32-30(24-28)20-19-29(33(32)35)18-14-27-15-21-31(34)22-16-27/h8-11,15-17,19-24H,2-7,14,18H2,1H3. The fourth-order valence-electron chi connectivity index (χ4n) is 4.37. The summed E-state index contributed by atoms with van der Waals surface area (Å²) in [6, 6.07) is 25.9. The molecular formula is C33H32ClF. The van der Waals surface area contributed by atoms with Crippen molar-refractivity contribution in [2.75, 3.05) is 0 Å². The first kappa shape index (κ1) is 25.0. The van der Waals surface area contributed by atoms with E-state index in [1.807, 2.05) is 54.6 Å². The minimum absolute atomic E-state index is 0.138. The molecule has 4 aromatic rings. The number of hydrogen-bond donors (Lipinski definition) is 0. The quantitative estimate of drug-likeness (QED) is 0.164. The van der Waals surface area contributed by atoms with Gasteiger partial charge < -0.3 is 0 Å². The molecule has 2 heteroatoms. The first-order chi connectivity index (χ1) is 17.1. The summed E-state index contributed by atoms with van der Waals surface area (Å²) in [4.78, 5) is 0. The highest BCUT2D eigenvalue weighted by Gasteiger charge is 2.08. The van der Waals surface area contributed by atoms with Crippen molar-refractivity contribution in [1.29, 1.82) is 0 Å². The molecule has 0 nitrogen and oxygen atoms in total. The van der Waals surface area contributed by atoms with Crippen molar-refractivity contribution < 1.29 is 4.39 Å². The van der Waals surface area contributed by atoms with Crippen LogP contribution >= 0.6 is 11.6 Å². The van der Waals surface area contributed by atoms with Gasteiger partial charge in [0, 0.05) is 21.5 Å². The van der Waals surface area contributed by atoms with E-state index in [1.54, 1.807) is 0 Å². The first-order valence-electron chi connectivity index (χ1n) is 12.7.